The van der Waals surface area contributed by atoms with Crippen LogP contribution in [-0.2, 0) is 14.3 Å². The summed E-state index contributed by atoms with van der Waals surface area (Å²) in [5.41, 5.74) is 0. The number of carbonyl (C=O) groups is 1. The van der Waals surface area contributed by atoms with Gasteiger partial charge in [-0.15, -0.1) is 0 Å². The van der Waals surface area contributed by atoms with Crippen molar-refractivity contribution in [3.05, 3.63) is 0 Å². The lowest BCUT2D eigenvalue weighted by Gasteiger charge is -2.19. The molecule has 0 amide bonds. The number of rotatable bonds is 3. The number of aliphatic hydroxyl groups is 2. The summed E-state index contributed by atoms with van der Waals surface area (Å²) in [4.78, 5) is 10.5. The van der Waals surface area contributed by atoms with Gasteiger partial charge in [-0.1, -0.05) is 0 Å². The molecule has 1 rings (SSSR count). The molecule has 2 unspecified atom stereocenters. The largest absolute Gasteiger partial charge is 0.394 e. The molecule has 13 heavy (non-hydrogen) atoms. The monoisotopic (exact) mass is 190 g/mol. The van der Waals surface area contributed by atoms with Crippen LogP contribution in [0.2, 0.25) is 0 Å². The summed E-state index contributed by atoms with van der Waals surface area (Å²) in [7, 11) is 0. The quantitative estimate of drug-likeness (QED) is 0.562. The number of carbonyl (C=O) groups excluding carboxylic acids is 1. The van der Waals surface area contributed by atoms with Gasteiger partial charge in [0.15, 0.2) is 12.1 Å². The number of aldehydes is 1. The predicted molar refractivity (Wildman–Crippen MR) is 43.0 cm³/mol. The molecule has 0 aromatic rings. The van der Waals surface area contributed by atoms with Crippen molar-refractivity contribution in [3.63, 3.8) is 0 Å². The molecule has 0 radical (unpaired) electrons. The van der Waals surface area contributed by atoms with Crippen molar-refractivity contribution in [1.82, 2.24) is 0 Å². The first-order chi connectivity index (χ1) is 6.00. The van der Waals surface area contributed by atoms with E-state index in [1.54, 1.807) is 13.8 Å². The van der Waals surface area contributed by atoms with Crippen LogP contribution >= 0.6 is 0 Å². The minimum Gasteiger partial charge on any atom is -0.394 e. The number of hydrogen-bond donors (Lipinski definition) is 2. The Balaban J connectivity index is 2.68. The highest BCUT2D eigenvalue weighted by atomic mass is 16.8. The van der Waals surface area contributed by atoms with Crippen molar-refractivity contribution in [3.8, 4) is 0 Å². The maximum absolute atomic E-state index is 10.5. The van der Waals surface area contributed by atoms with Crippen LogP contribution in [0.15, 0.2) is 0 Å². The van der Waals surface area contributed by atoms with Crippen molar-refractivity contribution in [2.75, 3.05) is 6.61 Å². The molecule has 1 heterocycles. The van der Waals surface area contributed by atoms with E-state index in [1.165, 1.54) is 0 Å². The molecule has 5 nitrogen and oxygen atoms in total. The molecule has 0 spiro atoms. The van der Waals surface area contributed by atoms with Crippen LogP contribution < -0.4 is 0 Å². The lowest BCUT2D eigenvalue weighted by atomic mass is 10.1. The van der Waals surface area contributed by atoms with E-state index < -0.39 is 30.7 Å². The van der Waals surface area contributed by atoms with Gasteiger partial charge < -0.3 is 24.5 Å². The van der Waals surface area contributed by atoms with Crippen molar-refractivity contribution in [2.24, 2.45) is 0 Å². The van der Waals surface area contributed by atoms with Gasteiger partial charge in [0.2, 0.25) is 0 Å². The van der Waals surface area contributed by atoms with E-state index in [-0.39, 0.29) is 0 Å². The predicted octanol–water partition coefficient (Wildman–Crippen LogP) is -0.941. The second kappa shape index (κ2) is 3.71. The normalized spacial score (nSPS) is 34.5. The molecule has 2 N–H and O–H groups in total. The van der Waals surface area contributed by atoms with Gasteiger partial charge >= 0.3 is 0 Å². The molecular weight excluding hydrogens is 176 g/mol. The molecule has 76 valence electrons. The Morgan fingerprint density at radius 3 is 2.62 bits per heavy atom. The van der Waals surface area contributed by atoms with E-state index in [0.29, 0.717) is 6.29 Å². The van der Waals surface area contributed by atoms with E-state index in [4.69, 9.17) is 14.6 Å². The van der Waals surface area contributed by atoms with Gasteiger partial charge in [0.1, 0.15) is 18.3 Å². The Morgan fingerprint density at radius 1 is 1.54 bits per heavy atom. The van der Waals surface area contributed by atoms with Crippen LogP contribution in [0.5, 0.6) is 0 Å². The zero-order chi connectivity index (χ0) is 10.1. The van der Waals surface area contributed by atoms with E-state index >= 15 is 0 Å². The highest BCUT2D eigenvalue weighted by Gasteiger charge is 2.44. The molecule has 0 aromatic carbocycles. The van der Waals surface area contributed by atoms with Gasteiger partial charge in [-0.2, -0.15) is 0 Å². The Hall–Kier alpha value is -0.490. The molecule has 5 heteroatoms. The third-order valence-electron chi connectivity index (χ3n) is 1.86. The lowest BCUT2D eigenvalue weighted by Crippen LogP contribution is -2.38. The maximum atomic E-state index is 10.5. The summed E-state index contributed by atoms with van der Waals surface area (Å²) in [5.74, 6) is -0.883. The van der Waals surface area contributed by atoms with Crippen LogP contribution in [0.3, 0.4) is 0 Å². The first-order valence-corrected chi connectivity index (χ1v) is 4.10. The fourth-order valence-corrected chi connectivity index (χ4v) is 1.32. The van der Waals surface area contributed by atoms with Crippen LogP contribution in [0, 0.1) is 0 Å². The zero-order valence-electron chi connectivity index (χ0n) is 7.64. The molecule has 1 aliphatic rings. The number of ether oxygens (including phenoxy) is 2. The summed E-state index contributed by atoms with van der Waals surface area (Å²) >= 11 is 0. The minimum absolute atomic E-state index is 0.450. The maximum Gasteiger partial charge on any atom is 0.164 e. The standard InChI is InChI=1S/C8H14O5/c1-8(2)12-6(4-10)7(13-8)5(11)3-9/h4-7,9,11H,3H2,1-2H3/t5?,6-,7?/m0/s1. The van der Waals surface area contributed by atoms with Gasteiger partial charge in [0.05, 0.1) is 6.61 Å². The van der Waals surface area contributed by atoms with Gasteiger partial charge in [0, 0.05) is 0 Å². The van der Waals surface area contributed by atoms with E-state index in [0.717, 1.165) is 0 Å². The molecule has 0 aliphatic carbocycles. The summed E-state index contributed by atoms with van der Waals surface area (Å²) in [5, 5.41) is 18.0. The number of hydrogen-bond acceptors (Lipinski definition) is 5. The van der Waals surface area contributed by atoms with E-state index in [2.05, 4.69) is 0 Å². The molecule has 0 saturated carbocycles. The first kappa shape index (κ1) is 10.6. The molecule has 1 fully saturated rings. The highest BCUT2D eigenvalue weighted by molar-refractivity contribution is 5.58. The van der Waals surface area contributed by atoms with Gasteiger partial charge in [-0.25, -0.2) is 0 Å². The highest BCUT2D eigenvalue weighted by Crippen LogP contribution is 2.28. The van der Waals surface area contributed by atoms with E-state index in [1.807, 2.05) is 0 Å². The van der Waals surface area contributed by atoms with Crippen LogP contribution in [0.25, 0.3) is 0 Å². The van der Waals surface area contributed by atoms with Crippen LogP contribution in [0.1, 0.15) is 13.8 Å². The SMILES string of the molecule is CC1(C)OC(C(O)CO)[C@H](C=O)O1. The smallest absolute Gasteiger partial charge is 0.164 e. The Morgan fingerprint density at radius 2 is 2.15 bits per heavy atom. The Labute approximate surface area is 76.3 Å². The summed E-state index contributed by atoms with van der Waals surface area (Å²) in [6.45, 7) is 2.84. The second-order valence-electron chi connectivity index (χ2n) is 3.45. The summed E-state index contributed by atoms with van der Waals surface area (Å²) < 4.78 is 10.4. The number of aliphatic hydroxyl groups excluding tert-OH is 2. The summed E-state index contributed by atoms with van der Waals surface area (Å²) in [6.07, 6.45) is -2.11. The second-order valence-corrected chi connectivity index (χ2v) is 3.45. The zero-order valence-corrected chi connectivity index (χ0v) is 7.64. The third-order valence-corrected chi connectivity index (χ3v) is 1.86. The van der Waals surface area contributed by atoms with Crippen molar-refractivity contribution < 1.29 is 24.5 Å². The van der Waals surface area contributed by atoms with Crippen LogP contribution in [0.4, 0.5) is 0 Å². The molecule has 0 aromatic heterocycles. The fourth-order valence-electron chi connectivity index (χ4n) is 1.32. The van der Waals surface area contributed by atoms with Crippen molar-refractivity contribution in [1.29, 1.82) is 0 Å². The lowest BCUT2D eigenvalue weighted by molar-refractivity contribution is -0.158. The molecule has 1 saturated heterocycles. The fraction of sp³-hybridized carbons (Fsp3) is 0.875. The van der Waals surface area contributed by atoms with Gasteiger partial charge in [-0.3, -0.25) is 0 Å². The topological polar surface area (TPSA) is 76.0 Å². The summed E-state index contributed by atoms with van der Waals surface area (Å²) in [6, 6.07) is 0. The van der Waals surface area contributed by atoms with E-state index in [9.17, 15) is 9.90 Å². The van der Waals surface area contributed by atoms with Crippen molar-refractivity contribution in [2.45, 2.75) is 37.9 Å². The average Bonchev–Trinajstić information content (AvgIpc) is 2.39. The molecule has 3 atom stereocenters. The Bertz CT molecular complexity index is 191. The molecular formula is C8H14O5. The average molecular weight is 190 g/mol. The minimum atomic E-state index is -1.09. The van der Waals surface area contributed by atoms with Crippen molar-refractivity contribution >= 4 is 6.29 Å². The first-order valence-electron chi connectivity index (χ1n) is 4.10. The van der Waals surface area contributed by atoms with Gasteiger partial charge in [-0.05, 0) is 13.8 Å². The third kappa shape index (κ3) is 2.25. The molecule has 0 bridgehead atoms. The van der Waals surface area contributed by atoms with Crippen LogP contribution in [-0.4, -0.2) is 47.2 Å². The van der Waals surface area contributed by atoms with Gasteiger partial charge in [0.25, 0.3) is 0 Å². The Kier molecular flexibility index (Phi) is 3.02. The molecule has 1 aliphatic heterocycles.